The fraction of sp³-hybridized carbons (Fsp3) is 0.231. The summed E-state index contributed by atoms with van der Waals surface area (Å²) in [6.45, 7) is 4.11. The van der Waals surface area contributed by atoms with Crippen LogP contribution in [0.3, 0.4) is 0 Å². The van der Waals surface area contributed by atoms with E-state index in [2.05, 4.69) is 29.1 Å². The Balaban J connectivity index is 2.38. The standard InChI is InChI=1S/C13H14ClN3/c1-9(2)15-12-8-11(14)16-13(17-12)10-6-4-3-5-7-10/h3-9H,1-2H3,(H,15,16,17). The first kappa shape index (κ1) is 11.9. The molecule has 0 saturated carbocycles. The fourth-order valence-corrected chi connectivity index (χ4v) is 1.69. The Morgan fingerprint density at radius 3 is 2.47 bits per heavy atom. The van der Waals surface area contributed by atoms with Crippen LogP contribution in [0.2, 0.25) is 5.15 Å². The number of anilines is 1. The van der Waals surface area contributed by atoms with Gasteiger partial charge in [-0.05, 0) is 13.8 Å². The molecule has 0 unspecified atom stereocenters. The van der Waals surface area contributed by atoms with E-state index in [1.165, 1.54) is 0 Å². The van der Waals surface area contributed by atoms with E-state index in [-0.39, 0.29) is 0 Å². The van der Waals surface area contributed by atoms with Gasteiger partial charge in [0.05, 0.1) is 0 Å². The van der Waals surface area contributed by atoms with Crippen LogP contribution in [0.1, 0.15) is 13.8 Å². The third kappa shape index (κ3) is 3.17. The van der Waals surface area contributed by atoms with Crippen LogP contribution in [-0.4, -0.2) is 16.0 Å². The fourth-order valence-electron chi connectivity index (χ4n) is 1.50. The number of benzene rings is 1. The highest BCUT2D eigenvalue weighted by molar-refractivity contribution is 6.29. The van der Waals surface area contributed by atoms with Gasteiger partial charge in [-0.2, -0.15) is 0 Å². The zero-order valence-electron chi connectivity index (χ0n) is 9.81. The lowest BCUT2D eigenvalue weighted by atomic mass is 10.2. The van der Waals surface area contributed by atoms with Crippen molar-refractivity contribution in [2.75, 3.05) is 5.32 Å². The van der Waals surface area contributed by atoms with E-state index < -0.39 is 0 Å². The van der Waals surface area contributed by atoms with E-state index >= 15 is 0 Å². The van der Waals surface area contributed by atoms with E-state index in [4.69, 9.17) is 11.6 Å². The molecule has 2 rings (SSSR count). The van der Waals surface area contributed by atoms with Gasteiger partial charge in [0.25, 0.3) is 0 Å². The molecule has 0 amide bonds. The Kier molecular flexibility index (Phi) is 3.59. The Morgan fingerprint density at radius 1 is 1.12 bits per heavy atom. The molecule has 2 aromatic rings. The Labute approximate surface area is 106 Å². The van der Waals surface area contributed by atoms with Crippen molar-refractivity contribution in [3.05, 3.63) is 41.6 Å². The van der Waals surface area contributed by atoms with Crippen LogP contribution in [0.4, 0.5) is 5.82 Å². The minimum Gasteiger partial charge on any atom is -0.368 e. The molecule has 0 aliphatic heterocycles. The van der Waals surface area contributed by atoms with Crippen molar-refractivity contribution in [3.63, 3.8) is 0 Å². The molecule has 1 aromatic heterocycles. The van der Waals surface area contributed by atoms with Crippen LogP contribution in [-0.2, 0) is 0 Å². The van der Waals surface area contributed by atoms with E-state index in [0.29, 0.717) is 17.0 Å². The molecule has 0 radical (unpaired) electrons. The summed E-state index contributed by atoms with van der Waals surface area (Å²) in [7, 11) is 0. The lowest BCUT2D eigenvalue weighted by Crippen LogP contribution is -2.11. The number of nitrogens with zero attached hydrogens (tertiary/aromatic N) is 2. The Bertz CT molecular complexity index is 497. The second-order valence-electron chi connectivity index (χ2n) is 4.06. The van der Waals surface area contributed by atoms with Gasteiger partial charge < -0.3 is 5.32 Å². The summed E-state index contributed by atoms with van der Waals surface area (Å²) in [6.07, 6.45) is 0. The quantitative estimate of drug-likeness (QED) is 0.842. The van der Waals surface area contributed by atoms with Crippen LogP contribution in [0.15, 0.2) is 36.4 Å². The molecule has 0 aliphatic rings. The second-order valence-corrected chi connectivity index (χ2v) is 4.45. The minimum atomic E-state index is 0.310. The number of hydrogen-bond donors (Lipinski definition) is 1. The summed E-state index contributed by atoms with van der Waals surface area (Å²) in [5.41, 5.74) is 0.960. The van der Waals surface area contributed by atoms with Gasteiger partial charge in [0.2, 0.25) is 0 Å². The number of aromatic nitrogens is 2. The molecule has 0 aliphatic carbocycles. The first-order valence-corrected chi connectivity index (χ1v) is 5.89. The van der Waals surface area contributed by atoms with E-state index in [1.807, 2.05) is 30.3 Å². The molecular weight excluding hydrogens is 234 g/mol. The molecule has 0 fully saturated rings. The van der Waals surface area contributed by atoms with E-state index in [9.17, 15) is 0 Å². The summed E-state index contributed by atoms with van der Waals surface area (Å²) in [4.78, 5) is 8.66. The molecule has 1 heterocycles. The predicted octanol–water partition coefficient (Wildman–Crippen LogP) is 3.62. The first-order chi connectivity index (χ1) is 8.15. The lowest BCUT2D eigenvalue weighted by molar-refractivity contribution is 0.887. The van der Waals surface area contributed by atoms with Gasteiger partial charge in [-0.1, -0.05) is 41.9 Å². The number of halogens is 1. The van der Waals surface area contributed by atoms with Crippen molar-refractivity contribution >= 4 is 17.4 Å². The summed E-state index contributed by atoms with van der Waals surface area (Å²) >= 11 is 5.99. The maximum Gasteiger partial charge on any atom is 0.163 e. The molecule has 3 nitrogen and oxygen atoms in total. The molecular formula is C13H14ClN3. The zero-order valence-corrected chi connectivity index (χ0v) is 10.6. The largest absolute Gasteiger partial charge is 0.368 e. The average Bonchev–Trinajstić information content (AvgIpc) is 2.28. The van der Waals surface area contributed by atoms with Crippen LogP contribution in [0, 0.1) is 0 Å². The molecule has 1 N–H and O–H groups in total. The van der Waals surface area contributed by atoms with Crippen molar-refractivity contribution < 1.29 is 0 Å². The van der Waals surface area contributed by atoms with Crippen molar-refractivity contribution in [3.8, 4) is 11.4 Å². The van der Waals surface area contributed by atoms with Crippen molar-refractivity contribution in [1.82, 2.24) is 9.97 Å². The predicted molar refractivity (Wildman–Crippen MR) is 71.2 cm³/mol. The number of nitrogens with one attached hydrogen (secondary N) is 1. The third-order valence-corrected chi connectivity index (χ3v) is 2.36. The minimum absolute atomic E-state index is 0.310. The Morgan fingerprint density at radius 2 is 1.82 bits per heavy atom. The molecule has 0 saturated heterocycles. The SMILES string of the molecule is CC(C)Nc1cc(Cl)nc(-c2ccccc2)n1. The van der Waals surface area contributed by atoms with Crippen LogP contribution < -0.4 is 5.32 Å². The highest BCUT2D eigenvalue weighted by atomic mass is 35.5. The van der Waals surface area contributed by atoms with Gasteiger partial charge in [0, 0.05) is 17.7 Å². The molecule has 0 atom stereocenters. The van der Waals surface area contributed by atoms with Crippen LogP contribution in [0.5, 0.6) is 0 Å². The topological polar surface area (TPSA) is 37.8 Å². The van der Waals surface area contributed by atoms with Crippen molar-refractivity contribution in [2.24, 2.45) is 0 Å². The van der Waals surface area contributed by atoms with Crippen molar-refractivity contribution in [2.45, 2.75) is 19.9 Å². The van der Waals surface area contributed by atoms with Gasteiger partial charge in [-0.15, -0.1) is 0 Å². The molecule has 0 bridgehead atoms. The summed E-state index contributed by atoms with van der Waals surface area (Å²) in [5, 5.41) is 3.67. The zero-order chi connectivity index (χ0) is 12.3. The third-order valence-electron chi connectivity index (χ3n) is 2.16. The van der Waals surface area contributed by atoms with E-state index in [0.717, 1.165) is 11.4 Å². The lowest BCUT2D eigenvalue weighted by Gasteiger charge is -2.10. The highest BCUT2D eigenvalue weighted by Gasteiger charge is 2.06. The summed E-state index contributed by atoms with van der Waals surface area (Å²) in [6, 6.07) is 11.8. The monoisotopic (exact) mass is 247 g/mol. The maximum atomic E-state index is 5.99. The van der Waals surface area contributed by atoms with Crippen LogP contribution in [0.25, 0.3) is 11.4 Å². The molecule has 88 valence electrons. The molecule has 4 heteroatoms. The van der Waals surface area contributed by atoms with Gasteiger partial charge in [-0.25, -0.2) is 9.97 Å². The number of rotatable bonds is 3. The maximum absolute atomic E-state index is 5.99. The van der Waals surface area contributed by atoms with Gasteiger partial charge >= 0.3 is 0 Å². The van der Waals surface area contributed by atoms with Crippen molar-refractivity contribution in [1.29, 1.82) is 0 Å². The smallest absolute Gasteiger partial charge is 0.163 e. The second kappa shape index (κ2) is 5.15. The Hall–Kier alpha value is -1.61. The normalized spacial score (nSPS) is 10.6. The van der Waals surface area contributed by atoms with Gasteiger partial charge in [0.15, 0.2) is 5.82 Å². The number of hydrogen-bond acceptors (Lipinski definition) is 3. The molecule has 0 spiro atoms. The molecule has 1 aromatic carbocycles. The highest BCUT2D eigenvalue weighted by Crippen LogP contribution is 2.20. The summed E-state index contributed by atoms with van der Waals surface area (Å²) < 4.78 is 0. The summed E-state index contributed by atoms with van der Waals surface area (Å²) in [5.74, 6) is 1.39. The first-order valence-electron chi connectivity index (χ1n) is 5.51. The van der Waals surface area contributed by atoms with Crippen LogP contribution >= 0.6 is 11.6 Å². The van der Waals surface area contributed by atoms with Gasteiger partial charge in [-0.3, -0.25) is 0 Å². The average molecular weight is 248 g/mol. The van der Waals surface area contributed by atoms with E-state index in [1.54, 1.807) is 6.07 Å². The van der Waals surface area contributed by atoms with Gasteiger partial charge in [0.1, 0.15) is 11.0 Å². The molecule has 17 heavy (non-hydrogen) atoms.